The van der Waals surface area contributed by atoms with E-state index in [4.69, 9.17) is 0 Å². The van der Waals surface area contributed by atoms with Crippen LogP contribution in [-0.4, -0.2) is 11.9 Å². The molecule has 108 valence electrons. The van der Waals surface area contributed by atoms with Gasteiger partial charge in [0.2, 0.25) is 0 Å². The van der Waals surface area contributed by atoms with Gasteiger partial charge >= 0.3 is 0 Å². The predicted octanol–water partition coefficient (Wildman–Crippen LogP) is 3.77. The van der Waals surface area contributed by atoms with E-state index in [1.165, 1.54) is 25.0 Å². The second kappa shape index (κ2) is 4.31. The average molecular weight is 275 g/mol. The van der Waals surface area contributed by atoms with Crippen LogP contribution in [0.3, 0.4) is 0 Å². The molecule has 2 aliphatic rings. The molecule has 1 N–H and O–H groups in total. The Bertz CT molecular complexity index is 536. The van der Waals surface area contributed by atoms with Crippen LogP contribution in [0.25, 0.3) is 0 Å². The molecule has 0 unspecified atom stereocenters. The Labute approximate surface area is 119 Å². The zero-order valence-corrected chi connectivity index (χ0v) is 12.4. The highest BCUT2D eigenvalue weighted by molar-refractivity contribution is 5.94. The van der Waals surface area contributed by atoms with Gasteiger partial charge in [0, 0.05) is 11.6 Å². The molecule has 1 aromatic rings. The highest BCUT2D eigenvalue weighted by atomic mass is 19.1. The maximum absolute atomic E-state index is 12.9. The van der Waals surface area contributed by atoms with Crippen molar-refractivity contribution in [2.75, 3.05) is 0 Å². The van der Waals surface area contributed by atoms with Crippen LogP contribution in [-0.2, 0) is 0 Å². The van der Waals surface area contributed by atoms with Gasteiger partial charge < -0.3 is 5.32 Å². The summed E-state index contributed by atoms with van der Waals surface area (Å²) in [5.74, 6) is 0.306. The topological polar surface area (TPSA) is 29.1 Å². The van der Waals surface area contributed by atoms with Crippen molar-refractivity contribution in [1.29, 1.82) is 0 Å². The van der Waals surface area contributed by atoms with Crippen LogP contribution < -0.4 is 5.32 Å². The number of hydrogen-bond acceptors (Lipinski definition) is 1. The molecule has 0 aliphatic heterocycles. The molecule has 0 spiro atoms. The van der Waals surface area contributed by atoms with Gasteiger partial charge in [-0.2, -0.15) is 0 Å². The maximum atomic E-state index is 12.9. The molecular weight excluding hydrogens is 253 g/mol. The molecule has 2 aliphatic carbocycles. The normalized spacial score (nSPS) is 34.2. The van der Waals surface area contributed by atoms with Crippen molar-refractivity contribution in [3.63, 3.8) is 0 Å². The van der Waals surface area contributed by atoms with E-state index in [0.29, 0.717) is 11.5 Å². The molecule has 0 radical (unpaired) electrons. The zero-order chi connectivity index (χ0) is 14.5. The number of hydrogen-bond donors (Lipinski definition) is 1. The average Bonchev–Trinajstić information content (AvgIpc) is 2.72. The van der Waals surface area contributed by atoms with Gasteiger partial charge in [-0.05, 0) is 60.3 Å². The van der Waals surface area contributed by atoms with Gasteiger partial charge in [-0.1, -0.05) is 20.8 Å². The first kappa shape index (κ1) is 13.6. The minimum Gasteiger partial charge on any atom is -0.349 e. The third-order valence-corrected chi connectivity index (χ3v) is 6.21. The van der Waals surface area contributed by atoms with E-state index >= 15 is 0 Å². The third-order valence-electron chi connectivity index (χ3n) is 6.21. The molecule has 3 heteroatoms. The minimum absolute atomic E-state index is 0.0837. The van der Waals surface area contributed by atoms with Crippen molar-refractivity contribution in [2.45, 2.75) is 46.1 Å². The van der Waals surface area contributed by atoms with E-state index in [1.54, 1.807) is 12.1 Å². The smallest absolute Gasteiger partial charge is 0.251 e. The van der Waals surface area contributed by atoms with Crippen LogP contribution in [0.4, 0.5) is 4.39 Å². The maximum Gasteiger partial charge on any atom is 0.251 e. The summed E-state index contributed by atoms with van der Waals surface area (Å²) in [6.07, 6.45) is 3.52. The molecule has 1 amide bonds. The Kier molecular flexibility index (Phi) is 2.93. The fourth-order valence-corrected chi connectivity index (χ4v) is 4.26. The van der Waals surface area contributed by atoms with Gasteiger partial charge in [0.15, 0.2) is 0 Å². The summed E-state index contributed by atoms with van der Waals surface area (Å²) in [7, 11) is 0. The van der Waals surface area contributed by atoms with Crippen LogP contribution in [0.2, 0.25) is 0 Å². The Morgan fingerprint density at radius 2 is 1.90 bits per heavy atom. The highest BCUT2D eigenvalue weighted by Gasteiger charge is 2.61. The first-order valence-corrected chi connectivity index (χ1v) is 7.41. The third kappa shape index (κ3) is 1.79. The van der Waals surface area contributed by atoms with E-state index in [9.17, 15) is 9.18 Å². The van der Waals surface area contributed by atoms with Gasteiger partial charge in [-0.15, -0.1) is 0 Å². The van der Waals surface area contributed by atoms with E-state index < -0.39 is 0 Å². The lowest BCUT2D eigenvalue weighted by Crippen LogP contribution is -2.46. The number of rotatable bonds is 2. The van der Waals surface area contributed by atoms with Crippen LogP contribution in [0.15, 0.2) is 24.3 Å². The fraction of sp³-hybridized carbons (Fsp3) is 0.588. The first-order chi connectivity index (χ1) is 9.34. The SMILES string of the molecule is CC1(C)[C@H]2CC[C@]1(C)[C@H](NC(=O)c1ccc(F)cc1)C2. The minimum atomic E-state index is -0.311. The van der Waals surface area contributed by atoms with Crippen molar-refractivity contribution in [3.8, 4) is 0 Å². The Morgan fingerprint density at radius 1 is 1.25 bits per heavy atom. The van der Waals surface area contributed by atoms with E-state index in [1.807, 2.05) is 0 Å². The summed E-state index contributed by atoms with van der Waals surface area (Å²) in [4.78, 5) is 12.3. The van der Waals surface area contributed by atoms with Crippen LogP contribution >= 0.6 is 0 Å². The molecule has 0 aromatic heterocycles. The molecule has 3 rings (SSSR count). The summed E-state index contributed by atoms with van der Waals surface area (Å²) in [5.41, 5.74) is 0.997. The molecular formula is C17H22FNO. The standard InChI is InChI=1S/C17H22FNO/c1-16(2)12-8-9-17(16,3)14(10-12)19-15(20)11-4-6-13(18)7-5-11/h4-7,12,14H,8-10H2,1-3H3,(H,19,20)/t12-,14+,17+/m0/s1. The molecule has 0 saturated heterocycles. The van der Waals surface area contributed by atoms with Gasteiger partial charge in [0.05, 0.1) is 0 Å². The van der Waals surface area contributed by atoms with E-state index in [0.717, 1.165) is 6.42 Å². The molecule has 2 fully saturated rings. The Hall–Kier alpha value is -1.38. The molecule has 2 nitrogen and oxygen atoms in total. The summed E-state index contributed by atoms with van der Waals surface area (Å²) in [6, 6.07) is 5.99. The fourth-order valence-electron chi connectivity index (χ4n) is 4.26. The second-order valence-electron chi connectivity index (χ2n) is 7.14. The van der Waals surface area contributed by atoms with Crippen molar-refractivity contribution in [2.24, 2.45) is 16.7 Å². The van der Waals surface area contributed by atoms with Crippen LogP contribution in [0.5, 0.6) is 0 Å². The number of amides is 1. The summed E-state index contributed by atoms with van der Waals surface area (Å²) < 4.78 is 12.9. The van der Waals surface area contributed by atoms with E-state index in [2.05, 4.69) is 26.1 Å². The lowest BCUT2D eigenvalue weighted by Gasteiger charge is -2.39. The Balaban J connectivity index is 1.76. The molecule has 20 heavy (non-hydrogen) atoms. The predicted molar refractivity (Wildman–Crippen MR) is 76.9 cm³/mol. The van der Waals surface area contributed by atoms with Gasteiger partial charge in [0.25, 0.3) is 5.91 Å². The van der Waals surface area contributed by atoms with Crippen molar-refractivity contribution >= 4 is 5.91 Å². The van der Waals surface area contributed by atoms with Crippen molar-refractivity contribution in [1.82, 2.24) is 5.32 Å². The summed E-state index contributed by atoms with van der Waals surface area (Å²) in [5, 5.41) is 3.18. The van der Waals surface area contributed by atoms with Crippen molar-refractivity contribution < 1.29 is 9.18 Å². The van der Waals surface area contributed by atoms with Gasteiger partial charge in [-0.25, -0.2) is 4.39 Å². The lowest BCUT2D eigenvalue weighted by atomic mass is 9.69. The molecule has 1 aromatic carbocycles. The van der Waals surface area contributed by atoms with Crippen molar-refractivity contribution in [3.05, 3.63) is 35.6 Å². The highest BCUT2D eigenvalue weighted by Crippen LogP contribution is 2.65. The monoisotopic (exact) mass is 275 g/mol. The number of benzene rings is 1. The number of carbonyl (C=O) groups is 1. The number of carbonyl (C=O) groups excluding carboxylic acids is 1. The largest absolute Gasteiger partial charge is 0.349 e. The quantitative estimate of drug-likeness (QED) is 0.874. The number of fused-ring (bicyclic) bond motifs is 2. The van der Waals surface area contributed by atoms with Crippen LogP contribution in [0.1, 0.15) is 50.4 Å². The van der Waals surface area contributed by atoms with Crippen LogP contribution in [0, 0.1) is 22.6 Å². The first-order valence-electron chi connectivity index (χ1n) is 7.41. The lowest BCUT2D eigenvalue weighted by molar-refractivity contribution is 0.0826. The summed E-state index contributed by atoms with van der Waals surface area (Å²) >= 11 is 0. The molecule has 2 saturated carbocycles. The van der Waals surface area contributed by atoms with Gasteiger partial charge in [0.1, 0.15) is 5.82 Å². The number of halogens is 1. The second-order valence-corrected chi connectivity index (χ2v) is 7.14. The Morgan fingerprint density at radius 3 is 2.40 bits per heavy atom. The molecule has 3 atom stereocenters. The number of nitrogens with one attached hydrogen (secondary N) is 1. The summed E-state index contributed by atoms with van der Waals surface area (Å²) in [6.45, 7) is 6.96. The zero-order valence-electron chi connectivity index (χ0n) is 12.4. The van der Waals surface area contributed by atoms with E-state index in [-0.39, 0.29) is 28.6 Å². The molecule has 2 bridgehead atoms. The molecule has 0 heterocycles. The van der Waals surface area contributed by atoms with Gasteiger partial charge in [-0.3, -0.25) is 4.79 Å².